The Hall–Kier alpha value is -5.63. The van der Waals surface area contributed by atoms with Crippen LogP contribution >= 0.6 is 0 Å². The number of phenolic OH excluding ortho intramolecular Hbond substituents is 1. The van der Waals surface area contributed by atoms with Gasteiger partial charge in [-0.2, -0.15) is 0 Å². The fourth-order valence-electron chi connectivity index (χ4n) is 5.66. The molecule has 0 saturated heterocycles. The number of benzene rings is 6. The lowest BCUT2D eigenvalue weighted by molar-refractivity contribution is 0.131. The van der Waals surface area contributed by atoms with Crippen molar-refractivity contribution in [1.29, 1.82) is 0 Å². The van der Waals surface area contributed by atoms with E-state index in [2.05, 4.69) is 0 Å². The summed E-state index contributed by atoms with van der Waals surface area (Å²) in [6, 6.07) is 33.3. The molecular formula is C44H42O10S3. The molecule has 13 heteroatoms. The molecule has 6 aromatic rings. The summed E-state index contributed by atoms with van der Waals surface area (Å²) in [4.78, 5) is 0.0475. The van der Waals surface area contributed by atoms with Crippen molar-refractivity contribution in [3.63, 3.8) is 0 Å². The molecule has 0 aliphatic rings. The maximum atomic E-state index is 13.6. The highest BCUT2D eigenvalue weighted by Gasteiger charge is 2.24. The van der Waals surface area contributed by atoms with Crippen molar-refractivity contribution >= 4 is 29.5 Å². The van der Waals surface area contributed by atoms with Crippen LogP contribution in [0.1, 0.15) is 47.1 Å². The van der Waals surface area contributed by atoms with Gasteiger partial charge in [0.25, 0.3) is 0 Å². The second-order valence-electron chi connectivity index (χ2n) is 15.2. The summed E-state index contributed by atoms with van der Waals surface area (Å²) in [6.45, 7) is 11.8. The third-order valence-corrected chi connectivity index (χ3v) is 14.0. The number of phenols is 1. The molecule has 0 spiro atoms. The summed E-state index contributed by atoms with van der Waals surface area (Å²) < 4.78 is 99.1. The average molecular weight is 827 g/mol. The van der Waals surface area contributed by atoms with Crippen LogP contribution in [-0.2, 0) is 34.9 Å². The predicted octanol–water partition coefficient (Wildman–Crippen LogP) is 9.95. The molecule has 0 aliphatic carbocycles. The molecule has 0 aromatic heterocycles. The maximum absolute atomic E-state index is 13.6. The topological polar surface area (TPSA) is 150 Å². The first-order valence-electron chi connectivity index (χ1n) is 17.8. The van der Waals surface area contributed by atoms with Gasteiger partial charge in [0.15, 0.2) is 11.5 Å². The first kappa shape index (κ1) is 41.0. The zero-order valence-electron chi connectivity index (χ0n) is 32.1. The van der Waals surface area contributed by atoms with Crippen molar-refractivity contribution < 1.29 is 44.6 Å². The van der Waals surface area contributed by atoms with Crippen molar-refractivity contribution in [2.24, 2.45) is 0 Å². The molecule has 0 aliphatic heterocycles. The maximum Gasteiger partial charge on any atom is 0.206 e. The largest absolute Gasteiger partial charge is 0.508 e. The highest BCUT2D eigenvalue weighted by atomic mass is 32.2. The fraction of sp³-hybridized carbons (Fsp3) is 0.182. The molecule has 1 N–H and O–H groups in total. The van der Waals surface area contributed by atoms with Gasteiger partial charge in [0.05, 0.1) is 29.4 Å². The van der Waals surface area contributed by atoms with E-state index in [1.165, 1.54) is 103 Å². The minimum absolute atomic E-state index is 0.0198. The summed E-state index contributed by atoms with van der Waals surface area (Å²) in [7, 11) is -11.8. The first-order valence-corrected chi connectivity index (χ1v) is 22.2. The van der Waals surface area contributed by atoms with Gasteiger partial charge in [-0.15, -0.1) is 0 Å². The molecule has 0 atom stereocenters. The van der Waals surface area contributed by atoms with Crippen LogP contribution < -0.4 is 14.2 Å². The van der Waals surface area contributed by atoms with E-state index in [1.807, 2.05) is 41.5 Å². The number of rotatable bonds is 11. The minimum Gasteiger partial charge on any atom is -0.508 e. The van der Waals surface area contributed by atoms with Gasteiger partial charge in [0, 0.05) is 6.07 Å². The van der Waals surface area contributed by atoms with Crippen LogP contribution in [0.4, 0.5) is 0 Å². The van der Waals surface area contributed by atoms with Crippen LogP contribution in [0, 0.1) is 0 Å². The monoisotopic (exact) mass is 826 g/mol. The molecule has 6 rings (SSSR count). The van der Waals surface area contributed by atoms with Crippen molar-refractivity contribution in [2.75, 3.05) is 0 Å². The molecule has 0 saturated carbocycles. The summed E-state index contributed by atoms with van der Waals surface area (Å²) in [5.74, 6) is 0.893. The van der Waals surface area contributed by atoms with Crippen molar-refractivity contribution in [2.45, 2.75) is 81.9 Å². The number of sulfone groups is 3. The van der Waals surface area contributed by atoms with E-state index in [9.17, 15) is 30.4 Å². The van der Waals surface area contributed by atoms with Gasteiger partial charge in [0.2, 0.25) is 29.5 Å². The minimum atomic E-state index is -4.09. The van der Waals surface area contributed by atoms with Crippen molar-refractivity contribution in [3.05, 3.63) is 145 Å². The number of hydrogen-bond acceptors (Lipinski definition) is 10. The van der Waals surface area contributed by atoms with Crippen LogP contribution in [-0.4, -0.2) is 36.0 Å². The SMILES string of the molecule is CC(C)(C)Oc1ccc(S(=O)(=O)c2ccc(Oc3ccc(S(=O)(=O)c4ccc(O)cc4)cc3Oc3ccc(S(=O)(=O)c4ccc(C(C)(C)C)cc4)cc3)cc2)cc1. The van der Waals surface area contributed by atoms with E-state index in [1.54, 1.807) is 36.4 Å². The summed E-state index contributed by atoms with van der Waals surface area (Å²) in [6.07, 6.45) is 0. The summed E-state index contributed by atoms with van der Waals surface area (Å²) >= 11 is 0. The molecule has 0 radical (unpaired) electrons. The van der Waals surface area contributed by atoms with Crippen molar-refractivity contribution in [1.82, 2.24) is 0 Å². The van der Waals surface area contributed by atoms with E-state index in [0.29, 0.717) is 5.75 Å². The Labute approximate surface area is 334 Å². The first-order chi connectivity index (χ1) is 26.6. The van der Waals surface area contributed by atoms with E-state index in [-0.39, 0.29) is 63.5 Å². The zero-order valence-corrected chi connectivity index (χ0v) is 34.6. The van der Waals surface area contributed by atoms with Crippen LogP contribution in [0.3, 0.4) is 0 Å². The lowest BCUT2D eigenvalue weighted by Crippen LogP contribution is -2.22. The van der Waals surface area contributed by atoms with Gasteiger partial charge >= 0.3 is 0 Å². The number of ether oxygens (including phenoxy) is 3. The standard InChI is InChI=1S/C44H42O10S3/c1-43(2,3)30-7-17-35(18-8-30)55(46,47)37-23-13-33(14-24-37)53-42-29-40(57(50,51)36-19-9-31(45)10-20-36)27-28-41(42)52-32-11-21-38(22-12-32)56(48,49)39-25-15-34(16-26-39)54-44(4,5)6/h7-29,45H,1-6H3. The third-order valence-electron chi connectivity index (χ3n) is 8.68. The summed E-state index contributed by atoms with van der Waals surface area (Å²) in [5, 5.41) is 9.71. The Morgan fingerprint density at radius 3 is 1.14 bits per heavy atom. The Morgan fingerprint density at radius 1 is 0.404 bits per heavy atom. The Kier molecular flexibility index (Phi) is 11.1. The molecule has 0 unspecified atom stereocenters. The Balaban J connectivity index is 1.29. The highest BCUT2D eigenvalue weighted by molar-refractivity contribution is 7.92. The van der Waals surface area contributed by atoms with Gasteiger partial charge < -0.3 is 19.3 Å². The van der Waals surface area contributed by atoms with E-state index < -0.39 is 35.1 Å². The van der Waals surface area contributed by atoms with E-state index in [0.717, 1.165) is 5.56 Å². The molecule has 296 valence electrons. The highest BCUT2D eigenvalue weighted by Crippen LogP contribution is 2.39. The molecule has 0 fully saturated rings. The van der Waals surface area contributed by atoms with Gasteiger partial charge in [-0.3, -0.25) is 0 Å². The summed E-state index contributed by atoms with van der Waals surface area (Å²) in [5.41, 5.74) is 0.396. The smallest absolute Gasteiger partial charge is 0.206 e. The Bertz CT molecular complexity index is 2710. The van der Waals surface area contributed by atoms with Crippen LogP contribution in [0.15, 0.2) is 169 Å². The lowest BCUT2D eigenvalue weighted by atomic mass is 9.87. The van der Waals surface area contributed by atoms with Crippen LogP contribution in [0.25, 0.3) is 0 Å². The molecule has 0 bridgehead atoms. The van der Waals surface area contributed by atoms with Gasteiger partial charge in [0.1, 0.15) is 28.6 Å². The van der Waals surface area contributed by atoms with E-state index in [4.69, 9.17) is 14.2 Å². The molecule has 10 nitrogen and oxygen atoms in total. The number of aromatic hydroxyl groups is 1. The van der Waals surface area contributed by atoms with Crippen molar-refractivity contribution in [3.8, 4) is 34.5 Å². The Morgan fingerprint density at radius 2 is 0.737 bits per heavy atom. The zero-order chi connectivity index (χ0) is 41.4. The number of hydrogen-bond donors (Lipinski definition) is 1. The van der Waals surface area contributed by atoms with Gasteiger partial charge in [-0.1, -0.05) is 32.9 Å². The second-order valence-corrected chi connectivity index (χ2v) is 21.1. The quantitative estimate of drug-likeness (QED) is 0.134. The van der Waals surface area contributed by atoms with Gasteiger partial charge in [-0.05, 0) is 153 Å². The van der Waals surface area contributed by atoms with E-state index >= 15 is 0 Å². The normalized spacial score (nSPS) is 12.5. The van der Waals surface area contributed by atoms with Crippen LogP contribution in [0.2, 0.25) is 0 Å². The molecule has 57 heavy (non-hydrogen) atoms. The predicted molar refractivity (Wildman–Crippen MR) is 216 cm³/mol. The second kappa shape index (κ2) is 15.4. The molecular weight excluding hydrogens is 785 g/mol. The fourth-order valence-corrected chi connectivity index (χ4v) is 9.45. The molecule has 0 amide bonds. The molecule has 6 aromatic carbocycles. The van der Waals surface area contributed by atoms with Crippen LogP contribution in [0.5, 0.6) is 34.5 Å². The lowest BCUT2D eigenvalue weighted by Gasteiger charge is -2.21. The average Bonchev–Trinajstić information content (AvgIpc) is 3.15. The molecule has 0 heterocycles. The third kappa shape index (κ3) is 9.33. The van der Waals surface area contributed by atoms with Gasteiger partial charge in [-0.25, -0.2) is 25.3 Å².